The van der Waals surface area contributed by atoms with Crippen molar-refractivity contribution in [3.63, 3.8) is 0 Å². The Kier molecular flexibility index (Phi) is 4.54. The highest BCUT2D eigenvalue weighted by Gasteiger charge is 2.34. The maximum atomic E-state index is 6.25. The average Bonchev–Trinajstić information content (AvgIpc) is 2.90. The molecule has 2 aliphatic rings. The van der Waals surface area contributed by atoms with Crippen molar-refractivity contribution >= 4 is 11.6 Å². The Balaban J connectivity index is 1.52. The molecule has 0 amide bonds. The van der Waals surface area contributed by atoms with Crippen molar-refractivity contribution in [1.29, 1.82) is 0 Å². The molecule has 126 valence electrons. The Hall–Kier alpha value is -1.47. The van der Waals surface area contributed by atoms with E-state index < -0.39 is 0 Å². The lowest BCUT2D eigenvalue weighted by Gasteiger charge is -2.28. The van der Waals surface area contributed by atoms with Gasteiger partial charge in [0.2, 0.25) is 0 Å². The summed E-state index contributed by atoms with van der Waals surface area (Å²) in [6.45, 7) is 2.04. The molecular formula is C22H25ClO. The molecule has 2 aromatic rings. The second kappa shape index (κ2) is 6.80. The van der Waals surface area contributed by atoms with E-state index in [1.165, 1.54) is 37.7 Å². The van der Waals surface area contributed by atoms with E-state index in [0.29, 0.717) is 0 Å². The fraction of sp³-hybridized carbons (Fsp3) is 0.455. The molecule has 0 radical (unpaired) electrons. The molecule has 2 bridgehead atoms. The van der Waals surface area contributed by atoms with E-state index in [1.807, 2.05) is 25.1 Å². The highest BCUT2D eigenvalue weighted by molar-refractivity contribution is 6.30. The van der Waals surface area contributed by atoms with Crippen LogP contribution in [0.1, 0.15) is 43.2 Å². The minimum Gasteiger partial charge on any atom is -0.457 e. The molecule has 0 aliphatic heterocycles. The number of halogens is 1. The van der Waals surface area contributed by atoms with Gasteiger partial charge in [-0.2, -0.15) is 0 Å². The summed E-state index contributed by atoms with van der Waals surface area (Å²) in [5, 5.41) is 0.755. The van der Waals surface area contributed by atoms with Gasteiger partial charge in [0.1, 0.15) is 11.5 Å². The summed E-state index contributed by atoms with van der Waals surface area (Å²) in [5.74, 6) is 4.70. The average molecular weight is 341 g/mol. The van der Waals surface area contributed by atoms with Crippen LogP contribution in [0, 0.1) is 24.7 Å². The molecule has 4 rings (SSSR count). The molecule has 0 spiro atoms. The van der Waals surface area contributed by atoms with E-state index in [1.54, 1.807) is 0 Å². The SMILES string of the molecule is Cc1cc(Cl)ccc1Oc1ccccc1C[C@@H]1C[C@@H]2CC[C@@H](C2)C1. The van der Waals surface area contributed by atoms with Crippen LogP contribution >= 0.6 is 11.6 Å². The van der Waals surface area contributed by atoms with Crippen LogP contribution in [-0.2, 0) is 6.42 Å². The summed E-state index contributed by atoms with van der Waals surface area (Å²) in [6.07, 6.45) is 8.37. The quantitative estimate of drug-likeness (QED) is 0.594. The lowest BCUT2D eigenvalue weighted by molar-refractivity contribution is 0.258. The van der Waals surface area contributed by atoms with Crippen molar-refractivity contribution in [2.75, 3.05) is 0 Å². The van der Waals surface area contributed by atoms with Gasteiger partial charge in [-0.15, -0.1) is 0 Å². The van der Waals surface area contributed by atoms with Crippen molar-refractivity contribution in [3.05, 3.63) is 58.6 Å². The molecule has 0 aromatic heterocycles. The Bertz CT molecular complexity index is 712. The predicted octanol–water partition coefficient (Wildman–Crippen LogP) is 6.81. The zero-order valence-electron chi connectivity index (χ0n) is 14.3. The molecule has 1 nitrogen and oxygen atoms in total. The normalized spacial score (nSPS) is 25.7. The topological polar surface area (TPSA) is 9.23 Å². The first-order chi connectivity index (χ1) is 11.7. The zero-order chi connectivity index (χ0) is 16.5. The number of para-hydroxylation sites is 1. The lowest BCUT2D eigenvalue weighted by atomic mass is 9.78. The first-order valence-electron chi connectivity index (χ1n) is 9.19. The third kappa shape index (κ3) is 3.47. The maximum Gasteiger partial charge on any atom is 0.130 e. The zero-order valence-corrected chi connectivity index (χ0v) is 15.1. The number of fused-ring (bicyclic) bond motifs is 2. The van der Waals surface area contributed by atoms with Gasteiger partial charge in [-0.05, 0) is 85.8 Å². The van der Waals surface area contributed by atoms with Crippen molar-refractivity contribution in [3.8, 4) is 11.5 Å². The Morgan fingerprint density at radius 3 is 2.46 bits per heavy atom. The van der Waals surface area contributed by atoms with E-state index in [2.05, 4.69) is 24.3 Å². The second-order valence-corrected chi connectivity index (χ2v) is 8.14. The van der Waals surface area contributed by atoms with Gasteiger partial charge in [-0.1, -0.05) is 42.6 Å². The van der Waals surface area contributed by atoms with Gasteiger partial charge in [0.15, 0.2) is 0 Å². The van der Waals surface area contributed by atoms with Crippen LogP contribution in [0.4, 0.5) is 0 Å². The molecule has 0 saturated heterocycles. The second-order valence-electron chi connectivity index (χ2n) is 7.71. The van der Waals surface area contributed by atoms with Gasteiger partial charge in [0, 0.05) is 5.02 Å². The van der Waals surface area contributed by atoms with Crippen LogP contribution in [0.2, 0.25) is 5.02 Å². The van der Waals surface area contributed by atoms with Gasteiger partial charge >= 0.3 is 0 Å². The Labute approximate surface area is 150 Å². The van der Waals surface area contributed by atoms with E-state index in [-0.39, 0.29) is 0 Å². The summed E-state index contributed by atoms with van der Waals surface area (Å²) in [4.78, 5) is 0. The maximum absolute atomic E-state index is 6.25. The molecule has 2 aliphatic carbocycles. The van der Waals surface area contributed by atoms with Crippen molar-refractivity contribution in [1.82, 2.24) is 0 Å². The van der Waals surface area contributed by atoms with Crippen LogP contribution in [0.25, 0.3) is 0 Å². The molecule has 2 aromatic carbocycles. The minimum atomic E-state index is 0.755. The molecular weight excluding hydrogens is 316 g/mol. The number of benzene rings is 2. The van der Waals surface area contributed by atoms with Gasteiger partial charge in [-0.3, -0.25) is 0 Å². The smallest absolute Gasteiger partial charge is 0.130 e. The first kappa shape index (κ1) is 16.0. The van der Waals surface area contributed by atoms with Crippen molar-refractivity contribution < 1.29 is 4.74 Å². The number of ether oxygens (including phenoxy) is 1. The van der Waals surface area contributed by atoms with Gasteiger partial charge < -0.3 is 4.74 Å². The lowest BCUT2D eigenvalue weighted by Crippen LogP contribution is -2.18. The molecule has 2 saturated carbocycles. The third-order valence-electron chi connectivity index (χ3n) is 5.82. The van der Waals surface area contributed by atoms with Crippen LogP contribution in [0.15, 0.2) is 42.5 Å². The summed E-state index contributed by atoms with van der Waals surface area (Å²) < 4.78 is 6.25. The molecule has 0 unspecified atom stereocenters. The summed E-state index contributed by atoms with van der Waals surface area (Å²) in [7, 11) is 0. The molecule has 24 heavy (non-hydrogen) atoms. The predicted molar refractivity (Wildman–Crippen MR) is 100.0 cm³/mol. The first-order valence-corrected chi connectivity index (χ1v) is 9.57. The number of hydrogen-bond acceptors (Lipinski definition) is 1. The van der Waals surface area contributed by atoms with E-state index in [4.69, 9.17) is 16.3 Å². The van der Waals surface area contributed by atoms with Gasteiger partial charge in [0.05, 0.1) is 0 Å². The highest BCUT2D eigenvalue weighted by Crippen LogP contribution is 2.46. The highest BCUT2D eigenvalue weighted by atomic mass is 35.5. The summed E-state index contributed by atoms with van der Waals surface area (Å²) in [6, 6.07) is 14.3. The number of aryl methyl sites for hydroxylation is 1. The summed E-state index contributed by atoms with van der Waals surface area (Å²) in [5.41, 5.74) is 2.42. The van der Waals surface area contributed by atoms with Gasteiger partial charge in [-0.25, -0.2) is 0 Å². The fourth-order valence-electron chi connectivity index (χ4n) is 4.74. The summed E-state index contributed by atoms with van der Waals surface area (Å²) >= 11 is 6.06. The third-order valence-corrected chi connectivity index (χ3v) is 6.06. The van der Waals surface area contributed by atoms with Gasteiger partial charge in [0.25, 0.3) is 0 Å². The molecule has 2 heteroatoms. The van der Waals surface area contributed by atoms with E-state index in [9.17, 15) is 0 Å². The molecule has 0 N–H and O–H groups in total. The number of hydrogen-bond donors (Lipinski definition) is 0. The van der Waals surface area contributed by atoms with E-state index >= 15 is 0 Å². The number of rotatable bonds is 4. The van der Waals surface area contributed by atoms with Crippen molar-refractivity contribution in [2.24, 2.45) is 17.8 Å². The van der Waals surface area contributed by atoms with E-state index in [0.717, 1.165) is 46.3 Å². The fourth-order valence-corrected chi connectivity index (χ4v) is 4.97. The monoisotopic (exact) mass is 340 g/mol. The standard InChI is InChI=1S/C22H25ClO/c1-15-10-20(23)8-9-21(15)24-22-5-3-2-4-19(22)14-18-12-16-6-7-17(11-16)13-18/h2-5,8-10,16-18H,6-7,11-14H2,1H3/t16-,17+,18-. The van der Waals surface area contributed by atoms with Crippen LogP contribution in [0.5, 0.6) is 11.5 Å². The Morgan fingerprint density at radius 1 is 0.958 bits per heavy atom. The van der Waals surface area contributed by atoms with Crippen LogP contribution < -0.4 is 4.74 Å². The van der Waals surface area contributed by atoms with Crippen LogP contribution in [0.3, 0.4) is 0 Å². The van der Waals surface area contributed by atoms with Crippen LogP contribution in [-0.4, -0.2) is 0 Å². The largest absolute Gasteiger partial charge is 0.457 e. The minimum absolute atomic E-state index is 0.755. The Morgan fingerprint density at radius 2 is 1.71 bits per heavy atom. The molecule has 3 atom stereocenters. The van der Waals surface area contributed by atoms with Crippen molar-refractivity contribution in [2.45, 2.75) is 45.4 Å². The molecule has 2 fully saturated rings. The molecule has 0 heterocycles.